The summed E-state index contributed by atoms with van der Waals surface area (Å²) in [6, 6.07) is 30.9. The minimum absolute atomic E-state index is 0.328. The maximum Gasteiger partial charge on any atom is 0.124 e. The Hall–Kier alpha value is -2.64. The van der Waals surface area contributed by atoms with Crippen LogP contribution in [0.4, 0.5) is 0 Å². The molecule has 0 unspecified atom stereocenters. The molecule has 0 N–H and O–H groups in total. The zero-order valence-corrected chi connectivity index (χ0v) is 15.7. The summed E-state index contributed by atoms with van der Waals surface area (Å²) >= 11 is 0. The van der Waals surface area contributed by atoms with E-state index in [-0.39, 0.29) is 11.2 Å². The Morgan fingerprint density at radius 2 is 1.18 bits per heavy atom. The first kappa shape index (κ1) is 15.3. The van der Waals surface area contributed by atoms with E-state index in [2.05, 4.69) is 97.1 Å². The number of fused-ring (bicyclic) bond motifs is 11. The quantitative estimate of drug-likeness (QED) is 0.422. The molecule has 3 aromatic rings. The first-order chi connectivity index (χ1) is 13.9. The Morgan fingerprint density at radius 1 is 0.643 bits per heavy atom. The van der Waals surface area contributed by atoms with Crippen LogP contribution in [-0.4, -0.2) is 0 Å². The molecular formula is C27H22O. The molecule has 0 amide bonds. The van der Waals surface area contributed by atoms with Crippen LogP contribution in [0.25, 0.3) is 0 Å². The van der Waals surface area contributed by atoms with Crippen molar-refractivity contribution in [1.29, 1.82) is 0 Å². The van der Waals surface area contributed by atoms with Crippen molar-refractivity contribution in [1.82, 2.24) is 0 Å². The molecule has 0 radical (unpaired) electrons. The fourth-order valence-corrected chi connectivity index (χ4v) is 7.08. The van der Waals surface area contributed by atoms with Gasteiger partial charge in [0.2, 0.25) is 0 Å². The molecule has 1 saturated heterocycles. The van der Waals surface area contributed by atoms with Crippen molar-refractivity contribution < 1.29 is 4.74 Å². The van der Waals surface area contributed by atoms with Crippen LogP contribution in [0.3, 0.4) is 0 Å². The molecule has 28 heavy (non-hydrogen) atoms. The lowest BCUT2D eigenvalue weighted by Crippen LogP contribution is -2.56. The molecule has 7 rings (SSSR count). The second-order valence-corrected chi connectivity index (χ2v) is 8.81. The highest BCUT2D eigenvalue weighted by molar-refractivity contribution is 5.59. The molecule has 0 aromatic heterocycles. The van der Waals surface area contributed by atoms with Crippen LogP contribution in [0.15, 0.2) is 97.1 Å². The van der Waals surface area contributed by atoms with Crippen molar-refractivity contribution in [3.05, 3.63) is 119 Å². The number of ether oxygens (including phenoxy) is 1. The maximum absolute atomic E-state index is 7.38. The first-order valence-corrected chi connectivity index (χ1v) is 10.5. The highest BCUT2D eigenvalue weighted by Gasteiger charge is 2.78. The van der Waals surface area contributed by atoms with E-state index in [9.17, 15) is 0 Å². The topological polar surface area (TPSA) is 9.23 Å². The maximum atomic E-state index is 7.38. The SMILES string of the molecule is C1=C[C@@H]2[C@H](C1)[C@@H]1[C@H]2[C@@]2(c3ccccc3)O[C@@]1(c1ccccc1)c1ccccc12. The minimum atomic E-state index is -0.339. The fraction of sp³-hybridized carbons (Fsp3) is 0.259. The van der Waals surface area contributed by atoms with Gasteiger partial charge in [0.15, 0.2) is 0 Å². The van der Waals surface area contributed by atoms with Gasteiger partial charge in [0, 0.05) is 11.8 Å². The second-order valence-electron chi connectivity index (χ2n) is 8.81. The van der Waals surface area contributed by atoms with Crippen molar-refractivity contribution in [3.63, 3.8) is 0 Å². The van der Waals surface area contributed by atoms with Gasteiger partial charge in [0.25, 0.3) is 0 Å². The predicted molar refractivity (Wildman–Crippen MR) is 110 cm³/mol. The van der Waals surface area contributed by atoms with E-state index >= 15 is 0 Å². The third-order valence-corrected chi connectivity index (χ3v) is 7.92. The molecule has 2 bridgehead atoms. The number of hydrogen-bond acceptors (Lipinski definition) is 1. The highest BCUT2D eigenvalue weighted by Crippen LogP contribution is 2.78. The van der Waals surface area contributed by atoms with Gasteiger partial charge in [-0.15, -0.1) is 0 Å². The summed E-state index contributed by atoms with van der Waals surface area (Å²) in [5.41, 5.74) is 4.73. The monoisotopic (exact) mass is 362 g/mol. The van der Waals surface area contributed by atoms with Crippen LogP contribution in [0.5, 0.6) is 0 Å². The van der Waals surface area contributed by atoms with E-state index in [0.29, 0.717) is 23.7 Å². The molecule has 136 valence electrons. The molecule has 3 aromatic carbocycles. The van der Waals surface area contributed by atoms with Gasteiger partial charge < -0.3 is 4.74 Å². The molecule has 2 fully saturated rings. The number of rotatable bonds is 2. The average Bonchev–Trinajstić information content (AvgIpc) is 3.38. The number of allylic oxidation sites excluding steroid dienone is 2. The van der Waals surface area contributed by atoms with Gasteiger partial charge in [-0.1, -0.05) is 97.1 Å². The van der Waals surface area contributed by atoms with E-state index < -0.39 is 0 Å². The molecule has 1 nitrogen and oxygen atoms in total. The van der Waals surface area contributed by atoms with Crippen LogP contribution in [0.1, 0.15) is 28.7 Å². The molecule has 2 aliphatic carbocycles. The summed E-state index contributed by atoms with van der Waals surface area (Å²) in [5.74, 6) is 2.37. The summed E-state index contributed by atoms with van der Waals surface area (Å²) in [6.07, 6.45) is 6.08. The van der Waals surface area contributed by atoms with Gasteiger partial charge in [0.1, 0.15) is 11.2 Å². The lowest BCUT2D eigenvalue weighted by Gasteiger charge is -2.56. The van der Waals surface area contributed by atoms with Crippen molar-refractivity contribution >= 4 is 0 Å². The highest BCUT2D eigenvalue weighted by atomic mass is 16.5. The minimum Gasteiger partial charge on any atom is -0.349 e. The molecule has 2 heterocycles. The Labute approximate surface area is 165 Å². The average molecular weight is 362 g/mol. The third-order valence-electron chi connectivity index (χ3n) is 7.92. The smallest absolute Gasteiger partial charge is 0.124 e. The van der Waals surface area contributed by atoms with Gasteiger partial charge in [-0.05, 0) is 40.5 Å². The zero-order chi connectivity index (χ0) is 18.3. The summed E-state index contributed by atoms with van der Waals surface area (Å²) < 4.78 is 7.38. The first-order valence-electron chi connectivity index (χ1n) is 10.5. The van der Waals surface area contributed by atoms with Gasteiger partial charge in [-0.2, -0.15) is 0 Å². The van der Waals surface area contributed by atoms with Crippen molar-refractivity contribution in [3.8, 4) is 0 Å². The largest absolute Gasteiger partial charge is 0.349 e. The van der Waals surface area contributed by atoms with Gasteiger partial charge >= 0.3 is 0 Å². The van der Waals surface area contributed by atoms with Crippen molar-refractivity contribution in [2.45, 2.75) is 17.6 Å². The number of hydrogen-bond donors (Lipinski definition) is 0. The molecule has 6 atom stereocenters. The standard InChI is InChI=1S/C27H22O/c1-3-10-18(11-4-1)26-22-16-7-8-17-23(22)27(28-26,19-12-5-2-6-13-19)25-21-15-9-14-20(21)24(25)26/h1-14,16-17,20-21,24-25H,15H2/t20-,21+,24+,25-,26+,27+/m1/s1. The molecule has 4 aliphatic rings. The molecule has 1 saturated carbocycles. The Kier molecular flexibility index (Phi) is 2.75. The Bertz CT molecular complexity index is 1100. The second kappa shape index (κ2) is 5.04. The van der Waals surface area contributed by atoms with Crippen LogP contribution in [0, 0.1) is 23.7 Å². The van der Waals surface area contributed by atoms with E-state index in [1.165, 1.54) is 28.7 Å². The third kappa shape index (κ3) is 1.50. The molecular weight excluding hydrogens is 340 g/mol. The number of benzene rings is 3. The van der Waals surface area contributed by atoms with Crippen molar-refractivity contribution in [2.75, 3.05) is 0 Å². The van der Waals surface area contributed by atoms with E-state index in [4.69, 9.17) is 4.74 Å². The van der Waals surface area contributed by atoms with Gasteiger partial charge in [0.05, 0.1) is 0 Å². The molecule has 2 aliphatic heterocycles. The summed E-state index contributed by atoms with van der Waals surface area (Å²) in [6.45, 7) is 0. The Morgan fingerprint density at radius 3 is 1.79 bits per heavy atom. The van der Waals surface area contributed by atoms with Crippen molar-refractivity contribution in [2.24, 2.45) is 23.7 Å². The predicted octanol–water partition coefficient (Wildman–Crippen LogP) is 5.66. The molecule has 1 heteroatoms. The summed E-state index contributed by atoms with van der Waals surface area (Å²) in [5, 5.41) is 0. The lowest BCUT2D eigenvalue weighted by molar-refractivity contribution is -0.0530. The van der Waals surface area contributed by atoms with Crippen LogP contribution >= 0.6 is 0 Å². The van der Waals surface area contributed by atoms with Crippen LogP contribution in [-0.2, 0) is 15.9 Å². The Balaban J connectivity index is 1.58. The molecule has 0 spiro atoms. The van der Waals surface area contributed by atoms with E-state index in [1.807, 2.05) is 0 Å². The summed E-state index contributed by atoms with van der Waals surface area (Å²) in [7, 11) is 0. The lowest BCUT2D eigenvalue weighted by atomic mass is 9.44. The van der Waals surface area contributed by atoms with E-state index in [1.54, 1.807) is 0 Å². The van der Waals surface area contributed by atoms with Crippen LogP contribution in [0.2, 0.25) is 0 Å². The zero-order valence-electron chi connectivity index (χ0n) is 15.7. The van der Waals surface area contributed by atoms with Crippen LogP contribution < -0.4 is 0 Å². The van der Waals surface area contributed by atoms with Gasteiger partial charge in [-0.3, -0.25) is 0 Å². The normalized spacial score (nSPS) is 38.6. The van der Waals surface area contributed by atoms with Gasteiger partial charge in [-0.25, -0.2) is 0 Å². The van der Waals surface area contributed by atoms with E-state index in [0.717, 1.165) is 0 Å². The summed E-state index contributed by atoms with van der Waals surface area (Å²) in [4.78, 5) is 0. The fourth-order valence-electron chi connectivity index (χ4n) is 7.08.